The van der Waals surface area contributed by atoms with Gasteiger partial charge in [-0.2, -0.15) is 9.50 Å². The van der Waals surface area contributed by atoms with Crippen molar-refractivity contribution in [3.05, 3.63) is 92.5 Å². The summed E-state index contributed by atoms with van der Waals surface area (Å²) in [6.45, 7) is 1.57. The summed E-state index contributed by atoms with van der Waals surface area (Å²) in [5, 5.41) is 16.8. The Morgan fingerprint density at radius 1 is 1.06 bits per heavy atom. The molecule has 0 bridgehead atoms. The number of halogens is 2. The van der Waals surface area contributed by atoms with Crippen LogP contribution in [0.3, 0.4) is 0 Å². The quantitative estimate of drug-likeness (QED) is 0.320. The molecule has 6 nitrogen and oxygen atoms in total. The van der Waals surface area contributed by atoms with Crippen LogP contribution in [0, 0.1) is 0 Å². The zero-order chi connectivity index (χ0) is 22.5. The first-order valence-electron chi connectivity index (χ1n) is 10.5. The molecule has 0 radical (unpaired) electrons. The minimum absolute atomic E-state index is 0.0511. The van der Waals surface area contributed by atoms with Crippen molar-refractivity contribution in [2.75, 3.05) is 6.54 Å². The van der Waals surface area contributed by atoms with E-state index in [-0.39, 0.29) is 11.9 Å². The van der Waals surface area contributed by atoms with Gasteiger partial charge in [0.15, 0.2) is 5.76 Å². The van der Waals surface area contributed by atoms with E-state index in [2.05, 4.69) is 39.2 Å². The zero-order valence-electron chi connectivity index (χ0n) is 17.3. The average Bonchev–Trinajstić information content (AvgIpc) is 3.54. The predicted molar refractivity (Wildman–Crippen MR) is 129 cm³/mol. The lowest BCUT2D eigenvalue weighted by Gasteiger charge is -2.35. The van der Waals surface area contributed by atoms with E-state index in [9.17, 15) is 5.11 Å². The van der Waals surface area contributed by atoms with Crippen LogP contribution >= 0.6 is 34.5 Å². The minimum atomic E-state index is -0.274. The number of aromatic nitrogens is 3. The number of furan rings is 1. The Morgan fingerprint density at radius 2 is 1.91 bits per heavy atom. The molecule has 0 saturated heterocycles. The molecule has 1 aliphatic heterocycles. The highest BCUT2D eigenvalue weighted by Crippen LogP contribution is 2.44. The standard InChI is InChI=1S/C24H18Cl2N4O2S/c25-16-7-8-17(18(26)12-16)20(29-10-9-14-4-1-2-5-15(14)13-29)21-23(31)30-24(33-21)27-22(28-30)19-6-3-11-32-19/h1-8,11-12,20,31H,9-10,13H2/t20-/m1/s1. The van der Waals surface area contributed by atoms with Crippen LogP contribution in [0.4, 0.5) is 0 Å². The third kappa shape index (κ3) is 3.61. The summed E-state index contributed by atoms with van der Waals surface area (Å²) in [4.78, 5) is 8.22. The molecule has 1 N–H and O–H groups in total. The lowest BCUT2D eigenvalue weighted by Crippen LogP contribution is -2.34. The number of hydrogen-bond donors (Lipinski definition) is 1. The lowest BCUT2D eigenvalue weighted by molar-refractivity contribution is 0.205. The zero-order valence-corrected chi connectivity index (χ0v) is 19.6. The summed E-state index contributed by atoms with van der Waals surface area (Å²) in [5.74, 6) is 1.04. The molecule has 1 aliphatic rings. The Morgan fingerprint density at radius 3 is 2.67 bits per heavy atom. The highest BCUT2D eigenvalue weighted by atomic mass is 35.5. The van der Waals surface area contributed by atoms with Gasteiger partial charge in [0, 0.05) is 23.1 Å². The van der Waals surface area contributed by atoms with Gasteiger partial charge in [-0.1, -0.05) is 64.9 Å². The van der Waals surface area contributed by atoms with Crippen molar-refractivity contribution in [2.45, 2.75) is 19.0 Å². The molecule has 0 aliphatic carbocycles. The van der Waals surface area contributed by atoms with Gasteiger partial charge in [0.05, 0.1) is 17.2 Å². The Bertz CT molecular complexity index is 1460. The van der Waals surface area contributed by atoms with Crippen LogP contribution in [-0.2, 0) is 13.0 Å². The monoisotopic (exact) mass is 496 g/mol. The maximum absolute atomic E-state index is 11.2. The van der Waals surface area contributed by atoms with Crippen molar-refractivity contribution >= 4 is 39.5 Å². The second-order valence-electron chi connectivity index (χ2n) is 7.95. The topological polar surface area (TPSA) is 66.8 Å². The first-order valence-corrected chi connectivity index (χ1v) is 12.0. The number of aromatic hydroxyl groups is 1. The minimum Gasteiger partial charge on any atom is -0.492 e. The van der Waals surface area contributed by atoms with Crippen LogP contribution in [-0.4, -0.2) is 31.1 Å². The third-order valence-electron chi connectivity index (χ3n) is 5.97. The van der Waals surface area contributed by atoms with Crippen LogP contribution < -0.4 is 0 Å². The Balaban J connectivity index is 1.47. The van der Waals surface area contributed by atoms with Crippen LogP contribution in [0.25, 0.3) is 16.5 Å². The molecular weight excluding hydrogens is 479 g/mol. The predicted octanol–water partition coefficient (Wildman–Crippen LogP) is 6.21. The van der Waals surface area contributed by atoms with E-state index in [1.54, 1.807) is 24.5 Å². The van der Waals surface area contributed by atoms with E-state index in [1.165, 1.54) is 27.0 Å². The molecule has 0 saturated carbocycles. The molecular formula is C24H18Cl2N4O2S. The van der Waals surface area contributed by atoms with Gasteiger partial charge in [-0.05, 0) is 47.4 Å². The molecule has 5 aromatic rings. The van der Waals surface area contributed by atoms with Gasteiger partial charge < -0.3 is 9.52 Å². The van der Waals surface area contributed by atoms with E-state index in [1.807, 2.05) is 12.1 Å². The average molecular weight is 497 g/mol. The first-order chi connectivity index (χ1) is 16.1. The second-order valence-corrected chi connectivity index (χ2v) is 9.81. The van der Waals surface area contributed by atoms with E-state index >= 15 is 0 Å². The fraction of sp³-hybridized carbons (Fsp3) is 0.167. The number of fused-ring (bicyclic) bond motifs is 2. The molecule has 0 fully saturated rings. The van der Waals surface area contributed by atoms with Gasteiger partial charge in [-0.15, -0.1) is 5.10 Å². The highest BCUT2D eigenvalue weighted by Gasteiger charge is 2.33. The number of rotatable bonds is 4. The molecule has 166 valence electrons. The smallest absolute Gasteiger partial charge is 0.230 e. The molecule has 6 rings (SSSR count). The molecule has 0 amide bonds. The van der Waals surface area contributed by atoms with E-state index in [4.69, 9.17) is 27.6 Å². The van der Waals surface area contributed by atoms with Crippen LogP contribution in [0.15, 0.2) is 65.3 Å². The fourth-order valence-electron chi connectivity index (χ4n) is 4.40. The largest absolute Gasteiger partial charge is 0.492 e. The Labute approximate surface area is 203 Å². The molecule has 9 heteroatoms. The number of benzene rings is 2. The van der Waals surface area contributed by atoms with E-state index in [0.29, 0.717) is 26.6 Å². The van der Waals surface area contributed by atoms with Crippen molar-refractivity contribution in [2.24, 2.45) is 0 Å². The normalized spacial score (nSPS) is 15.1. The third-order valence-corrected chi connectivity index (χ3v) is 7.61. The summed E-state index contributed by atoms with van der Waals surface area (Å²) < 4.78 is 6.87. The summed E-state index contributed by atoms with van der Waals surface area (Å²) in [5.41, 5.74) is 3.51. The highest BCUT2D eigenvalue weighted by molar-refractivity contribution is 7.17. The van der Waals surface area contributed by atoms with Gasteiger partial charge in [0.1, 0.15) is 0 Å². The number of hydrogen-bond acceptors (Lipinski definition) is 6. The molecule has 4 heterocycles. The van der Waals surface area contributed by atoms with Crippen molar-refractivity contribution < 1.29 is 9.52 Å². The molecule has 0 unspecified atom stereocenters. The molecule has 0 spiro atoms. The van der Waals surface area contributed by atoms with Crippen LogP contribution in [0.5, 0.6) is 5.88 Å². The summed E-state index contributed by atoms with van der Waals surface area (Å²) in [6, 6.07) is 17.3. The van der Waals surface area contributed by atoms with E-state index < -0.39 is 0 Å². The number of nitrogens with zero attached hydrogens (tertiary/aromatic N) is 4. The maximum Gasteiger partial charge on any atom is 0.230 e. The number of thiazole rings is 1. The second kappa shape index (κ2) is 8.18. The molecule has 3 aromatic heterocycles. The summed E-state index contributed by atoms with van der Waals surface area (Å²) in [6.07, 6.45) is 2.49. The van der Waals surface area contributed by atoms with Crippen molar-refractivity contribution in [1.29, 1.82) is 0 Å². The Hall–Kier alpha value is -2.84. The Kier molecular flexibility index (Phi) is 5.14. The first kappa shape index (κ1) is 20.7. The van der Waals surface area contributed by atoms with Gasteiger partial charge in [0.25, 0.3) is 0 Å². The van der Waals surface area contributed by atoms with Crippen molar-refractivity contribution in [3.63, 3.8) is 0 Å². The molecule has 1 atom stereocenters. The van der Waals surface area contributed by atoms with Gasteiger partial charge in [0.2, 0.25) is 16.7 Å². The van der Waals surface area contributed by atoms with Crippen LogP contribution in [0.2, 0.25) is 10.0 Å². The van der Waals surface area contributed by atoms with Gasteiger partial charge in [-0.3, -0.25) is 4.90 Å². The van der Waals surface area contributed by atoms with Crippen molar-refractivity contribution in [3.8, 4) is 17.5 Å². The maximum atomic E-state index is 11.2. The van der Waals surface area contributed by atoms with E-state index in [0.717, 1.165) is 30.0 Å². The summed E-state index contributed by atoms with van der Waals surface area (Å²) in [7, 11) is 0. The van der Waals surface area contributed by atoms with Crippen molar-refractivity contribution in [1.82, 2.24) is 19.5 Å². The van der Waals surface area contributed by atoms with Gasteiger partial charge >= 0.3 is 0 Å². The van der Waals surface area contributed by atoms with Gasteiger partial charge in [-0.25, -0.2) is 0 Å². The molecule has 2 aromatic carbocycles. The fourth-order valence-corrected chi connectivity index (χ4v) is 6.02. The lowest BCUT2D eigenvalue weighted by atomic mass is 9.95. The molecule has 33 heavy (non-hydrogen) atoms. The summed E-state index contributed by atoms with van der Waals surface area (Å²) >= 11 is 14.3. The SMILES string of the molecule is Oc1c([C@@H](c2ccc(Cl)cc2Cl)N2CCc3ccccc3C2)sc2nc(-c3ccco3)nn12. The van der Waals surface area contributed by atoms with Crippen LogP contribution in [0.1, 0.15) is 27.6 Å².